The van der Waals surface area contributed by atoms with Gasteiger partial charge in [0.25, 0.3) is 0 Å². The molecule has 0 saturated carbocycles. The molecule has 0 aliphatic heterocycles. The summed E-state index contributed by atoms with van der Waals surface area (Å²) in [5.74, 6) is -0.992. The lowest BCUT2D eigenvalue weighted by Gasteiger charge is -2.08. The Balaban J connectivity index is 1.83. The summed E-state index contributed by atoms with van der Waals surface area (Å²) in [6.45, 7) is 4.17. The number of nitrogens with zero attached hydrogens (tertiary/aromatic N) is 3. The van der Waals surface area contributed by atoms with Gasteiger partial charge in [0.2, 0.25) is 0 Å². The summed E-state index contributed by atoms with van der Waals surface area (Å²) in [6.07, 6.45) is 5.47. The molecule has 5 nitrogen and oxygen atoms in total. The molecule has 5 heteroatoms. The van der Waals surface area contributed by atoms with Gasteiger partial charge < -0.3 is 5.11 Å². The largest absolute Gasteiger partial charge is 0.477 e. The van der Waals surface area contributed by atoms with E-state index < -0.39 is 5.97 Å². The highest BCUT2D eigenvalue weighted by Gasteiger charge is 2.17. The van der Waals surface area contributed by atoms with Crippen molar-refractivity contribution in [3.8, 4) is 11.3 Å². The van der Waals surface area contributed by atoms with Gasteiger partial charge in [-0.15, -0.1) is 0 Å². The number of rotatable bonds is 7. The second-order valence-corrected chi connectivity index (χ2v) is 7.67. The lowest BCUT2D eigenvalue weighted by atomic mass is 10.00. The second-order valence-electron chi connectivity index (χ2n) is 7.67. The Hall–Kier alpha value is -3.47. The van der Waals surface area contributed by atoms with E-state index in [9.17, 15) is 9.90 Å². The van der Waals surface area contributed by atoms with E-state index in [-0.39, 0.29) is 5.69 Å². The number of aromatic nitrogens is 3. The van der Waals surface area contributed by atoms with E-state index in [1.807, 2.05) is 54.0 Å². The van der Waals surface area contributed by atoms with Crippen LogP contribution in [-0.4, -0.2) is 25.7 Å². The summed E-state index contributed by atoms with van der Waals surface area (Å²) >= 11 is 0. The Kier molecular flexibility index (Phi) is 5.61. The van der Waals surface area contributed by atoms with Crippen molar-refractivity contribution >= 4 is 11.5 Å². The van der Waals surface area contributed by atoms with Crippen LogP contribution in [0.5, 0.6) is 0 Å². The number of unbranched alkanes of at least 4 members (excludes halogenated alkanes) is 1. The Morgan fingerprint density at radius 2 is 1.90 bits per heavy atom. The normalized spacial score (nSPS) is 11.1. The third-order valence-corrected chi connectivity index (χ3v) is 5.26. The number of hydrogen-bond acceptors (Lipinski definition) is 3. The van der Waals surface area contributed by atoms with E-state index in [0.717, 1.165) is 58.4 Å². The van der Waals surface area contributed by atoms with Gasteiger partial charge in [0.05, 0.1) is 11.2 Å². The van der Waals surface area contributed by atoms with E-state index in [4.69, 9.17) is 5.10 Å². The lowest BCUT2D eigenvalue weighted by Crippen LogP contribution is -2.06. The topological polar surface area (TPSA) is 67.5 Å². The number of carbonyl (C=O) groups is 1. The zero-order valence-corrected chi connectivity index (χ0v) is 17.3. The maximum absolute atomic E-state index is 11.6. The standard InChI is InChI=1S/C25H25N3O2/c1-3-4-8-18-13-20(26-22(14-18)25(29)30)15-21-23-12-11-17(2)16-28(23)27-24(21)19-9-6-5-7-10-19/h5-7,9-14,16H,3-4,8,15H2,1-2H3,(H,29,30). The van der Waals surface area contributed by atoms with Crippen LogP contribution in [0, 0.1) is 6.92 Å². The van der Waals surface area contributed by atoms with Gasteiger partial charge in [-0.25, -0.2) is 14.3 Å². The smallest absolute Gasteiger partial charge is 0.354 e. The zero-order valence-electron chi connectivity index (χ0n) is 17.3. The van der Waals surface area contributed by atoms with Gasteiger partial charge in [0, 0.05) is 29.4 Å². The van der Waals surface area contributed by atoms with E-state index in [0.29, 0.717) is 6.42 Å². The monoisotopic (exact) mass is 399 g/mol. The molecule has 0 atom stereocenters. The minimum absolute atomic E-state index is 0.104. The summed E-state index contributed by atoms with van der Waals surface area (Å²) < 4.78 is 1.91. The first-order valence-electron chi connectivity index (χ1n) is 10.3. The Labute approximate surface area is 176 Å². The van der Waals surface area contributed by atoms with Crippen molar-refractivity contribution in [3.05, 3.63) is 88.9 Å². The zero-order chi connectivity index (χ0) is 21.1. The second kappa shape index (κ2) is 8.49. The van der Waals surface area contributed by atoms with Gasteiger partial charge in [-0.05, 0) is 49.1 Å². The first-order chi connectivity index (χ1) is 14.5. The van der Waals surface area contributed by atoms with Crippen LogP contribution in [0.4, 0.5) is 0 Å². The number of pyridine rings is 2. The Morgan fingerprint density at radius 3 is 2.63 bits per heavy atom. The first kappa shape index (κ1) is 19.8. The summed E-state index contributed by atoms with van der Waals surface area (Å²) in [4.78, 5) is 16.1. The molecule has 1 aromatic carbocycles. The van der Waals surface area contributed by atoms with Crippen LogP contribution in [0.3, 0.4) is 0 Å². The number of aromatic carboxylic acids is 1. The SMILES string of the molecule is CCCCc1cc(Cc2c(-c3ccccc3)nn3cc(C)ccc23)nc(C(=O)O)c1. The molecule has 0 amide bonds. The molecule has 0 unspecified atom stereocenters. The molecule has 4 aromatic rings. The first-order valence-corrected chi connectivity index (χ1v) is 10.3. The molecule has 0 saturated heterocycles. The molecule has 1 N–H and O–H groups in total. The summed E-state index contributed by atoms with van der Waals surface area (Å²) in [6, 6.07) is 18.0. The fourth-order valence-electron chi connectivity index (χ4n) is 3.76. The van der Waals surface area contributed by atoms with Gasteiger partial charge in [-0.1, -0.05) is 49.7 Å². The Bertz CT molecular complexity index is 1200. The molecule has 30 heavy (non-hydrogen) atoms. The maximum atomic E-state index is 11.6. The predicted molar refractivity (Wildman–Crippen MR) is 118 cm³/mol. The molecule has 0 aliphatic rings. The maximum Gasteiger partial charge on any atom is 0.354 e. The van der Waals surface area contributed by atoms with E-state index >= 15 is 0 Å². The number of benzene rings is 1. The number of hydrogen-bond donors (Lipinski definition) is 1. The van der Waals surface area contributed by atoms with Crippen LogP contribution in [-0.2, 0) is 12.8 Å². The van der Waals surface area contributed by atoms with Gasteiger partial charge in [-0.2, -0.15) is 5.10 Å². The van der Waals surface area contributed by atoms with Crippen LogP contribution in [0.2, 0.25) is 0 Å². The third-order valence-electron chi connectivity index (χ3n) is 5.26. The van der Waals surface area contributed by atoms with Crippen LogP contribution < -0.4 is 0 Å². The van der Waals surface area contributed by atoms with Crippen LogP contribution in [0.15, 0.2) is 60.8 Å². The molecule has 0 bridgehead atoms. The molecule has 4 rings (SSSR count). The molecule has 152 valence electrons. The summed E-state index contributed by atoms with van der Waals surface area (Å²) in [7, 11) is 0. The van der Waals surface area contributed by atoms with Crippen molar-refractivity contribution in [2.75, 3.05) is 0 Å². The van der Waals surface area contributed by atoms with Crippen molar-refractivity contribution in [2.24, 2.45) is 0 Å². The molecule has 0 spiro atoms. The highest BCUT2D eigenvalue weighted by Crippen LogP contribution is 2.28. The van der Waals surface area contributed by atoms with Gasteiger partial charge in [-0.3, -0.25) is 0 Å². The highest BCUT2D eigenvalue weighted by molar-refractivity contribution is 5.85. The summed E-state index contributed by atoms with van der Waals surface area (Å²) in [5, 5.41) is 14.4. The number of fused-ring (bicyclic) bond motifs is 1. The fourth-order valence-corrected chi connectivity index (χ4v) is 3.76. The Morgan fingerprint density at radius 1 is 1.10 bits per heavy atom. The van der Waals surface area contributed by atoms with Gasteiger partial charge >= 0.3 is 5.97 Å². The van der Waals surface area contributed by atoms with E-state index in [1.54, 1.807) is 6.07 Å². The average Bonchev–Trinajstić information content (AvgIpc) is 3.10. The van der Waals surface area contributed by atoms with Crippen molar-refractivity contribution < 1.29 is 9.90 Å². The predicted octanol–water partition coefficient (Wildman–Crippen LogP) is 5.34. The number of carboxylic acid groups (broad SMARTS) is 1. The van der Waals surface area contributed by atoms with Crippen LogP contribution >= 0.6 is 0 Å². The van der Waals surface area contributed by atoms with Gasteiger partial charge in [0.15, 0.2) is 0 Å². The highest BCUT2D eigenvalue weighted by atomic mass is 16.4. The molecule has 0 radical (unpaired) electrons. The molecular weight excluding hydrogens is 374 g/mol. The lowest BCUT2D eigenvalue weighted by molar-refractivity contribution is 0.0690. The van der Waals surface area contributed by atoms with Crippen molar-refractivity contribution in [3.63, 3.8) is 0 Å². The number of aryl methyl sites for hydroxylation is 2. The van der Waals surface area contributed by atoms with Crippen LogP contribution in [0.1, 0.15) is 52.6 Å². The molecule has 0 fully saturated rings. The molecule has 3 heterocycles. The van der Waals surface area contributed by atoms with Crippen molar-refractivity contribution in [1.82, 2.24) is 14.6 Å². The molecule has 0 aliphatic carbocycles. The molecular formula is C25H25N3O2. The minimum Gasteiger partial charge on any atom is -0.477 e. The molecule has 3 aromatic heterocycles. The number of carboxylic acids is 1. The summed E-state index contributed by atoms with van der Waals surface area (Å²) in [5.41, 5.74) is 7.01. The quantitative estimate of drug-likeness (QED) is 0.456. The van der Waals surface area contributed by atoms with Crippen LogP contribution in [0.25, 0.3) is 16.8 Å². The van der Waals surface area contributed by atoms with Crippen molar-refractivity contribution in [2.45, 2.75) is 39.5 Å². The minimum atomic E-state index is -0.992. The van der Waals surface area contributed by atoms with Crippen molar-refractivity contribution in [1.29, 1.82) is 0 Å². The van der Waals surface area contributed by atoms with Gasteiger partial charge in [0.1, 0.15) is 5.69 Å². The van der Waals surface area contributed by atoms with E-state index in [1.165, 1.54) is 0 Å². The fraction of sp³-hybridized carbons (Fsp3) is 0.240. The average molecular weight is 399 g/mol. The van der Waals surface area contributed by atoms with E-state index in [2.05, 4.69) is 24.0 Å². The third kappa shape index (κ3) is 4.10.